The van der Waals surface area contributed by atoms with Gasteiger partial charge >= 0.3 is 5.97 Å². The molecule has 11 nitrogen and oxygen atoms in total. The molecule has 254 valence electrons. The van der Waals surface area contributed by atoms with Gasteiger partial charge in [-0.1, -0.05) is 48.4 Å². The first kappa shape index (κ1) is 40.1. The summed E-state index contributed by atoms with van der Waals surface area (Å²) in [5, 5.41) is 16.3. The molecule has 1 fully saturated rings. The maximum absolute atomic E-state index is 12.6. The van der Waals surface area contributed by atoms with Crippen LogP contribution in [0, 0.1) is 5.92 Å². The number of allylic oxidation sites excluding steroid dienone is 3. The Morgan fingerprint density at radius 2 is 1.87 bits per heavy atom. The van der Waals surface area contributed by atoms with Crippen molar-refractivity contribution in [2.75, 3.05) is 35.4 Å². The molecular formula is C33H52ClN3O8. The molecule has 1 aromatic carbocycles. The fraction of sp³-hybridized carbons (Fsp3) is 0.606. The third kappa shape index (κ3) is 12.4. The number of benzene rings is 1. The van der Waals surface area contributed by atoms with Crippen LogP contribution in [0.15, 0.2) is 42.0 Å². The molecule has 45 heavy (non-hydrogen) atoms. The van der Waals surface area contributed by atoms with Crippen LogP contribution in [0.1, 0.15) is 52.5 Å². The summed E-state index contributed by atoms with van der Waals surface area (Å²) in [7, 11) is 7.66. The van der Waals surface area contributed by atoms with Gasteiger partial charge < -0.3 is 40.0 Å². The van der Waals surface area contributed by atoms with Crippen molar-refractivity contribution in [1.82, 2.24) is 16.0 Å². The molecule has 5 unspecified atom stereocenters. The summed E-state index contributed by atoms with van der Waals surface area (Å²) in [4.78, 5) is 36.3. The van der Waals surface area contributed by atoms with Crippen molar-refractivity contribution in [3.8, 4) is 5.75 Å². The number of amides is 1. The van der Waals surface area contributed by atoms with E-state index in [4.69, 9.17) is 35.7 Å². The Bertz CT molecular complexity index is 1150. The van der Waals surface area contributed by atoms with E-state index in [1.165, 1.54) is 12.6 Å². The molecule has 2 rings (SSSR count). The van der Waals surface area contributed by atoms with E-state index in [-0.39, 0.29) is 30.4 Å². The minimum absolute atomic E-state index is 0.0267. The minimum atomic E-state index is -0.898. The lowest BCUT2D eigenvalue weighted by Gasteiger charge is -2.28. The lowest BCUT2D eigenvalue weighted by atomic mass is 9.85. The highest BCUT2D eigenvalue weighted by Gasteiger charge is 2.63. The number of methoxy groups -OCH3 is 1. The summed E-state index contributed by atoms with van der Waals surface area (Å²) in [6.07, 6.45) is 6.52. The SMILES string of the molecule is CNC(=O)C[C@H](OC(=O)C(C)NC)C1(C)OC1[C@H](C)C(CC(C/C=C/C=C(\C)Cc1ccc(Cl)c(OC)c1)NC)OC=O.CO. The Hall–Kier alpha value is -2.96. The molecule has 0 aromatic heterocycles. The molecule has 0 spiro atoms. The molecular weight excluding hydrogens is 602 g/mol. The molecule has 1 aliphatic rings. The molecule has 7 atom stereocenters. The van der Waals surface area contributed by atoms with E-state index in [0.717, 1.165) is 19.1 Å². The summed E-state index contributed by atoms with van der Waals surface area (Å²) in [5.74, 6) is -0.303. The number of hydrogen-bond acceptors (Lipinski definition) is 10. The number of halogens is 1. The van der Waals surface area contributed by atoms with E-state index in [0.29, 0.717) is 30.1 Å². The summed E-state index contributed by atoms with van der Waals surface area (Å²) in [6, 6.07) is 5.25. The zero-order valence-electron chi connectivity index (χ0n) is 28.0. The number of likely N-dealkylation sites (N-methyl/N-ethyl adjacent to an activating group) is 1. The van der Waals surface area contributed by atoms with Crippen LogP contribution < -0.4 is 20.7 Å². The van der Waals surface area contributed by atoms with Gasteiger partial charge in [-0.25, -0.2) is 0 Å². The smallest absolute Gasteiger partial charge is 0.323 e. The van der Waals surface area contributed by atoms with Gasteiger partial charge in [-0.3, -0.25) is 14.4 Å². The first-order valence-corrected chi connectivity index (χ1v) is 15.4. The number of rotatable bonds is 19. The molecule has 1 aromatic rings. The number of ether oxygens (including phenoxy) is 4. The number of aliphatic hydroxyl groups is 1. The summed E-state index contributed by atoms with van der Waals surface area (Å²) >= 11 is 6.13. The highest BCUT2D eigenvalue weighted by atomic mass is 35.5. The monoisotopic (exact) mass is 653 g/mol. The maximum Gasteiger partial charge on any atom is 0.323 e. The zero-order chi connectivity index (χ0) is 34.2. The second-order valence-corrected chi connectivity index (χ2v) is 11.6. The van der Waals surface area contributed by atoms with E-state index in [9.17, 15) is 14.4 Å². The molecule has 0 saturated carbocycles. The average molecular weight is 654 g/mol. The van der Waals surface area contributed by atoms with Crippen LogP contribution in [0.5, 0.6) is 5.75 Å². The van der Waals surface area contributed by atoms with Gasteiger partial charge in [0.15, 0.2) is 0 Å². The van der Waals surface area contributed by atoms with Crippen LogP contribution in [0.4, 0.5) is 0 Å². The predicted molar refractivity (Wildman–Crippen MR) is 175 cm³/mol. The summed E-state index contributed by atoms with van der Waals surface area (Å²) in [5.41, 5.74) is 1.39. The highest BCUT2D eigenvalue weighted by Crippen LogP contribution is 2.48. The summed E-state index contributed by atoms with van der Waals surface area (Å²) in [6.45, 7) is 7.98. The van der Waals surface area contributed by atoms with E-state index in [1.807, 2.05) is 45.2 Å². The Morgan fingerprint density at radius 1 is 1.18 bits per heavy atom. The third-order valence-corrected chi connectivity index (χ3v) is 8.39. The van der Waals surface area contributed by atoms with Crippen LogP contribution in [-0.4, -0.2) is 94.8 Å². The second kappa shape index (κ2) is 20.2. The quantitative estimate of drug-likeness (QED) is 0.0758. The fourth-order valence-corrected chi connectivity index (χ4v) is 5.26. The first-order valence-electron chi connectivity index (χ1n) is 15.1. The number of aliphatic hydroxyl groups excluding tert-OH is 1. The van der Waals surface area contributed by atoms with Crippen molar-refractivity contribution >= 4 is 29.9 Å². The van der Waals surface area contributed by atoms with Crippen molar-refractivity contribution in [2.24, 2.45) is 5.92 Å². The molecule has 1 amide bonds. The highest BCUT2D eigenvalue weighted by molar-refractivity contribution is 6.32. The first-order chi connectivity index (χ1) is 21.4. The Kier molecular flexibility index (Phi) is 18.0. The Morgan fingerprint density at radius 3 is 2.44 bits per heavy atom. The van der Waals surface area contributed by atoms with Crippen molar-refractivity contribution in [3.05, 3.63) is 52.6 Å². The van der Waals surface area contributed by atoms with E-state index < -0.39 is 29.8 Å². The standard InChI is InChI=1S/C32H48ClN3O7.CH4O/c1-20(15-23-13-14-25(33)27(16-23)40-8)11-9-10-12-24(35-6)17-26(41-19-37)21(2)30-32(4,43-30)28(18-29(38)36-7)42-31(39)22(3)34-5;1-2/h9-11,13-14,16,19,21-22,24,26,28,30,34-35H,12,15,17-18H2,1-8H3,(H,36,38);2H,1H3/b10-9+,20-11+;/t21-,22?,24?,26?,28+,30?,32?;/m1./s1. The lowest BCUT2D eigenvalue weighted by molar-refractivity contribution is -0.155. The normalized spacial score (nSPS) is 21.0. The van der Waals surface area contributed by atoms with Crippen molar-refractivity contribution < 1.29 is 38.4 Å². The van der Waals surface area contributed by atoms with Crippen LogP contribution in [0.2, 0.25) is 5.02 Å². The van der Waals surface area contributed by atoms with Gasteiger partial charge in [0.1, 0.15) is 29.6 Å². The maximum atomic E-state index is 12.6. The number of hydrogen-bond donors (Lipinski definition) is 4. The van der Waals surface area contributed by atoms with Gasteiger partial charge in [-0.05, 0) is 65.4 Å². The van der Waals surface area contributed by atoms with Crippen LogP contribution >= 0.6 is 11.6 Å². The number of nitrogens with one attached hydrogen (secondary N) is 3. The van der Waals surface area contributed by atoms with E-state index >= 15 is 0 Å². The third-order valence-electron chi connectivity index (χ3n) is 8.08. The number of carbonyl (C=O) groups is 3. The van der Waals surface area contributed by atoms with Gasteiger partial charge in [-0.2, -0.15) is 0 Å². The van der Waals surface area contributed by atoms with Crippen LogP contribution in [0.25, 0.3) is 0 Å². The second-order valence-electron chi connectivity index (χ2n) is 11.2. The van der Waals surface area contributed by atoms with Crippen LogP contribution in [0.3, 0.4) is 0 Å². The molecule has 4 N–H and O–H groups in total. The largest absolute Gasteiger partial charge is 0.495 e. The van der Waals surface area contributed by atoms with Crippen LogP contribution in [-0.2, 0) is 35.0 Å². The topological polar surface area (TPSA) is 148 Å². The Labute approximate surface area is 273 Å². The van der Waals surface area contributed by atoms with Gasteiger partial charge in [0, 0.05) is 32.5 Å². The lowest BCUT2D eigenvalue weighted by Crippen LogP contribution is -2.44. The van der Waals surface area contributed by atoms with Crippen molar-refractivity contribution in [3.63, 3.8) is 0 Å². The predicted octanol–water partition coefficient (Wildman–Crippen LogP) is 3.36. The van der Waals surface area contributed by atoms with Gasteiger partial charge in [-0.15, -0.1) is 0 Å². The van der Waals surface area contributed by atoms with E-state index in [1.54, 1.807) is 21.1 Å². The molecule has 1 saturated heterocycles. The summed E-state index contributed by atoms with van der Waals surface area (Å²) < 4.78 is 22.7. The molecule has 1 heterocycles. The molecule has 0 aliphatic carbocycles. The van der Waals surface area contributed by atoms with Gasteiger partial charge in [0.05, 0.1) is 24.7 Å². The van der Waals surface area contributed by atoms with E-state index in [2.05, 4.69) is 35.0 Å². The van der Waals surface area contributed by atoms with Crippen molar-refractivity contribution in [2.45, 2.75) is 89.4 Å². The molecule has 12 heteroatoms. The average Bonchev–Trinajstić information content (AvgIpc) is 3.74. The number of esters is 1. The minimum Gasteiger partial charge on any atom is -0.495 e. The zero-order valence-corrected chi connectivity index (χ0v) is 28.8. The molecule has 0 bridgehead atoms. The van der Waals surface area contributed by atoms with Crippen molar-refractivity contribution in [1.29, 1.82) is 0 Å². The molecule has 0 radical (unpaired) electrons. The molecule has 1 aliphatic heterocycles. The van der Waals surface area contributed by atoms with Gasteiger partial charge in [0.2, 0.25) is 5.91 Å². The number of epoxide rings is 1. The number of carbonyl (C=O) groups excluding carboxylic acids is 3. The van der Waals surface area contributed by atoms with Gasteiger partial charge in [0.25, 0.3) is 6.47 Å². The fourth-order valence-electron chi connectivity index (χ4n) is 5.06. The Balaban J connectivity index is 0.00000496.